The van der Waals surface area contributed by atoms with Gasteiger partial charge in [0.05, 0.1) is 34.2 Å². The average molecular weight is 669 g/mol. The van der Waals surface area contributed by atoms with Crippen LogP contribution in [0, 0.1) is 0 Å². The van der Waals surface area contributed by atoms with Crippen LogP contribution in [0.5, 0.6) is 0 Å². The summed E-state index contributed by atoms with van der Waals surface area (Å²) in [5.41, 5.74) is 0. The van der Waals surface area contributed by atoms with E-state index in [0.717, 1.165) is 25.7 Å². The molecule has 0 amide bonds. The highest BCUT2D eigenvalue weighted by Gasteiger charge is 2.26. The molecular formula is C36H63NO8P+. The van der Waals surface area contributed by atoms with E-state index in [1.165, 1.54) is 38.5 Å². The fraction of sp³-hybridized carbons (Fsp3) is 0.667. The number of rotatable bonds is 29. The molecule has 0 spiro atoms. The van der Waals surface area contributed by atoms with Gasteiger partial charge in [0.2, 0.25) is 0 Å². The number of esters is 2. The Balaban J connectivity index is 4.70. The molecule has 0 aromatic heterocycles. The van der Waals surface area contributed by atoms with Crippen molar-refractivity contribution < 1.29 is 42.1 Å². The van der Waals surface area contributed by atoms with Gasteiger partial charge in [0.15, 0.2) is 6.10 Å². The maximum absolute atomic E-state index is 12.5. The van der Waals surface area contributed by atoms with Gasteiger partial charge in [-0.25, -0.2) is 4.57 Å². The highest BCUT2D eigenvalue weighted by molar-refractivity contribution is 7.47. The summed E-state index contributed by atoms with van der Waals surface area (Å²) >= 11 is 0. The van der Waals surface area contributed by atoms with Gasteiger partial charge < -0.3 is 18.9 Å². The van der Waals surface area contributed by atoms with Crippen LogP contribution in [-0.4, -0.2) is 74.9 Å². The first-order chi connectivity index (χ1) is 22.0. The summed E-state index contributed by atoms with van der Waals surface area (Å²) in [6.45, 7) is 4.05. The van der Waals surface area contributed by atoms with E-state index in [0.29, 0.717) is 23.9 Å². The molecule has 0 saturated carbocycles. The van der Waals surface area contributed by atoms with Crippen molar-refractivity contribution in [1.82, 2.24) is 0 Å². The Kier molecular flexibility index (Phi) is 27.5. The van der Waals surface area contributed by atoms with Gasteiger partial charge >= 0.3 is 19.8 Å². The molecule has 0 fully saturated rings. The minimum atomic E-state index is -4.39. The molecule has 0 aliphatic rings. The summed E-state index contributed by atoms with van der Waals surface area (Å²) in [7, 11) is 1.39. The van der Waals surface area contributed by atoms with Crippen LogP contribution in [0.2, 0.25) is 0 Å². The second-order valence-electron chi connectivity index (χ2n) is 12.2. The monoisotopic (exact) mass is 668 g/mol. The van der Waals surface area contributed by atoms with Gasteiger partial charge in [-0.3, -0.25) is 18.6 Å². The van der Waals surface area contributed by atoms with Crippen LogP contribution in [0.15, 0.2) is 60.8 Å². The number of carbonyl (C=O) groups excluding carboxylic acids is 2. The number of likely N-dealkylation sites (N-methyl/N-ethyl adjacent to an activating group) is 1. The second-order valence-corrected chi connectivity index (χ2v) is 13.6. The third kappa shape index (κ3) is 31.7. The molecule has 0 bridgehead atoms. The van der Waals surface area contributed by atoms with Crippen LogP contribution in [0.4, 0.5) is 0 Å². The van der Waals surface area contributed by atoms with Crippen molar-refractivity contribution in [1.29, 1.82) is 0 Å². The maximum Gasteiger partial charge on any atom is 0.472 e. The van der Waals surface area contributed by atoms with Gasteiger partial charge in [-0.05, 0) is 44.9 Å². The normalized spacial score (nSPS) is 14.7. The molecule has 0 heterocycles. The van der Waals surface area contributed by atoms with Crippen molar-refractivity contribution >= 4 is 19.8 Å². The van der Waals surface area contributed by atoms with E-state index in [2.05, 4.69) is 44.2 Å². The smallest absolute Gasteiger partial charge is 0.461 e. The summed E-state index contributed by atoms with van der Waals surface area (Å²) < 4.78 is 33.8. The van der Waals surface area contributed by atoms with Crippen molar-refractivity contribution in [3.05, 3.63) is 60.8 Å². The summed E-state index contributed by atoms with van der Waals surface area (Å²) in [5, 5.41) is 0. The van der Waals surface area contributed by atoms with E-state index in [-0.39, 0.29) is 26.1 Å². The molecule has 0 radical (unpaired) electrons. The Labute approximate surface area is 279 Å². The lowest BCUT2D eigenvalue weighted by Gasteiger charge is -2.24. The van der Waals surface area contributed by atoms with Gasteiger partial charge in [-0.15, -0.1) is 0 Å². The van der Waals surface area contributed by atoms with E-state index in [1.54, 1.807) is 6.08 Å². The van der Waals surface area contributed by atoms with Crippen LogP contribution < -0.4 is 0 Å². The van der Waals surface area contributed by atoms with Crippen molar-refractivity contribution in [2.24, 2.45) is 0 Å². The Morgan fingerprint density at radius 2 is 1.30 bits per heavy atom. The van der Waals surface area contributed by atoms with Crippen molar-refractivity contribution in [2.45, 2.75) is 110 Å². The van der Waals surface area contributed by atoms with Crippen LogP contribution >= 0.6 is 7.82 Å². The predicted molar refractivity (Wildman–Crippen MR) is 187 cm³/mol. The number of phosphoric ester groups is 1. The molecule has 0 aliphatic carbocycles. The number of allylic oxidation sites excluding steroid dienone is 9. The molecule has 0 saturated heterocycles. The van der Waals surface area contributed by atoms with E-state index in [9.17, 15) is 19.0 Å². The Bertz CT molecular complexity index is 981. The van der Waals surface area contributed by atoms with Crippen molar-refractivity contribution in [3.63, 3.8) is 0 Å². The minimum Gasteiger partial charge on any atom is -0.461 e. The van der Waals surface area contributed by atoms with E-state index >= 15 is 0 Å². The quantitative estimate of drug-likeness (QED) is 0.0278. The Hall–Kier alpha value is -2.29. The first kappa shape index (κ1) is 43.7. The molecule has 0 aromatic rings. The van der Waals surface area contributed by atoms with E-state index < -0.39 is 32.5 Å². The first-order valence-electron chi connectivity index (χ1n) is 17.0. The number of ether oxygens (including phenoxy) is 2. The zero-order valence-corrected chi connectivity index (χ0v) is 30.2. The molecule has 0 rings (SSSR count). The highest BCUT2D eigenvalue weighted by Crippen LogP contribution is 2.43. The lowest BCUT2D eigenvalue weighted by atomic mass is 10.1. The minimum absolute atomic E-state index is 0.00819. The SMILES string of the molecule is CC/C=C/C/C=C/C/C=C/CC(=O)OCC(COP(=O)(O)OCC[N+](C)(C)C)OC(=O)CC/C=C/C/C=C/CCCCCCCC. The van der Waals surface area contributed by atoms with Gasteiger partial charge in [0.1, 0.15) is 19.8 Å². The van der Waals surface area contributed by atoms with Gasteiger partial charge in [-0.2, -0.15) is 0 Å². The number of nitrogens with zero attached hydrogens (tertiary/aromatic N) is 1. The fourth-order valence-electron chi connectivity index (χ4n) is 3.89. The second kappa shape index (κ2) is 28.9. The molecule has 2 atom stereocenters. The number of quaternary nitrogens is 1. The maximum atomic E-state index is 12.5. The first-order valence-corrected chi connectivity index (χ1v) is 18.5. The largest absolute Gasteiger partial charge is 0.472 e. The van der Waals surface area contributed by atoms with Crippen LogP contribution in [-0.2, 0) is 32.7 Å². The van der Waals surface area contributed by atoms with Gasteiger partial charge in [0.25, 0.3) is 0 Å². The van der Waals surface area contributed by atoms with Crippen LogP contribution in [0.3, 0.4) is 0 Å². The summed E-state index contributed by atoms with van der Waals surface area (Å²) in [5.74, 6) is -1.03. The molecule has 46 heavy (non-hydrogen) atoms. The molecule has 1 N–H and O–H groups in total. The standard InChI is InChI=1S/C36H62NO8P/c1-6-8-10-12-14-16-17-18-19-21-23-25-27-29-36(39)45-34(33-44-46(40,41)43-31-30-37(3,4)5)32-42-35(38)28-26-24-22-20-15-13-11-9-7-2/h9,11,15,18-20,23-26,34H,6-8,10,12-14,16-17,21-22,27-33H2,1-5H3/p+1/b11-9+,19-18+,20-15+,25-23+,26-24+. The predicted octanol–water partition coefficient (Wildman–Crippen LogP) is 8.56. The number of carbonyl (C=O) groups is 2. The Morgan fingerprint density at radius 1 is 0.717 bits per heavy atom. The zero-order valence-electron chi connectivity index (χ0n) is 29.3. The average Bonchev–Trinajstić information content (AvgIpc) is 2.99. The molecule has 0 aliphatic heterocycles. The summed E-state index contributed by atoms with van der Waals surface area (Å²) in [4.78, 5) is 34.8. The lowest BCUT2D eigenvalue weighted by molar-refractivity contribution is -0.870. The van der Waals surface area contributed by atoms with Gasteiger partial charge in [0, 0.05) is 6.42 Å². The van der Waals surface area contributed by atoms with Crippen LogP contribution in [0.25, 0.3) is 0 Å². The molecule has 0 aromatic carbocycles. The molecule has 10 heteroatoms. The number of hydrogen-bond donors (Lipinski definition) is 1. The van der Waals surface area contributed by atoms with E-state index in [4.69, 9.17) is 18.5 Å². The highest BCUT2D eigenvalue weighted by atomic mass is 31.2. The van der Waals surface area contributed by atoms with Crippen LogP contribution in [0.1, 0.15) is 104 Å². The lowest BCUT2D eigenvalue weighted by Crippen LogP contribution is -2.37. The van der Waals surface area contributed by atoms with Gasteiger partial charge in [-0.1, -0.05) is 107 Å². The molecular weight excluding hydrogens is 605 g/mol. The topological polar surface area (TPSA) is 108 Å². The van der Waals surface area contributed by atoms with Crippen molar-refractivity contribution in [3.8, 4) is 0 Å². The molecule has 2 unspecified atom stereocenters. The summed E-state index contributed by atoms with van der Waals surface area (Å²) in [6, 6.07) is 0. The fourth-order valence-corrected chi connectivity index (χ4v) is 4.63. The zero-order chi connectivity index (χ0) is 34.4. The third-order valence-electron chi connectivity index (χ3n) is 6.58. The number of phosphoric acid groups is 1. The third-order valence-corrected chi connectivity index (χ3v) is 7.56. The number of hydrogen-bond acceptors (Lipinski definition) is 7. The summed E-state index contributed by atoms with van der Waals surface area (Å²) in [6.07, 6.45) is 31.9. The molecule has 264 valence electrons. The van der Waals surface area contributed by atoms with Crippen molar-refractivity contribution in [2.75, 3.05) is 47.5 Å². The Morgan fingerprint density at radius 3 is 1.96 bits per heavy atom. The van der Waals surface area contributed by atoms with E-state index in [1.807, 2.05) is 45.4 Å². The molecule has 9 nitrogen and oxygen atoms in total. The number of unbranched alkanes of at least 4 members (excludes halogenated alkanes) is 6.